The lowest BCUT2D eigenvalue weighted by molar-refractivity contribution is -0.124. The van der Waals surface area contributed by atoms with Crippen molar-refractivity contribution in [1.82, 2.24) is 5.32 Å². The van der Waals surface area contributed by atoms with Crippen molar-refractivity contribution >= 4 is 21.8 Å². The number of carbonyl (C=O) groups excluding carboxylic acids is 1. The summed E-state index contributed by atoms with van der Waals surface area (Å²) < 4.78 is 0. The van der Waals surface area contributed by atoms with Crippen LogP contribution in [0, 0.1) is 5.92 Å². The summed E-state index contributed by atoms with van der Waals surface area (Å²) in [5.74, 6) is 0.244. The Hall–Kier alpha value is -0.0500. The number of halogens is 1. The zero-order chi connectivity index (χ0) is 9.56. The van der Waals surface area contributed by atoms with E-state index in [0.29, 0.717) is 6.04 Å². The second-order valence-electron chi connectivity index (χ2n) is 3.40. The lowest BCUT2D eigenvalue weighted by Gasteiger charge is -2.14. The second kappa shape index (κ2) is 6.46. The minimum absolute atomic E-state index is 0.0939. The van der Waals surface area contributed by atoms with Crippen LogP contribution in [0.25, 0.3) is 0 Å². The minimum Gasteiger partial charge on any atom is -0.353 e. The van der Waals surface area contributed by atoms with Crippen LogP contribution in [0.4, 0.5) is 0 Å². The first-order valence-electron chi connectivity index (χ1n) is 4.44. The van der Waals surface area contributed by atoms with Gasteiger partial charge in [-0.1, -0.05) is 29.8 Å². The summed E-state index contributed by atoms with van der Waals surface area (Å²) in [6.07, 6.45) is 2.16. The summed E-state index contributed by atoms with van der Waals surface area (Å²) in [6.45, 7) is 5.86. The Labute approximate surface area is 83.2 Å². The highest BCUT2D eigenvalue weighted by molar-refractivity contribution is 9.09. The second-order valence-corrected chi connectivity index (χ2v) is 4.19. The van der Waals surface area contributed by atoms with E-state index >= 15 is 0 Å². The van der Waals surface area contributed by atoms with Crippen LogP contribution in [0.15, 0.2) is 0 Å². The van der Waals surface area contributed by atoms with Gasteiger partial charge in [-0.25, -0.2) is 0 Å². The molecule has 12 heavy (non-hydrogen) atoms. The SMILES string of the molecule is CC(CCCBr)NC(=O)C(C)C. The van der Waals surface area contributed by atoms with Crippen molar-refractivity contribution in [2.75, 3.05) is 5.33 Å². The molecule has 0 heterocycles. The zero-order valence-corrected chi connectivity index (χ0v) is 9.65. The van der Waals surface area contributed by atoms with Gasteiger partial charge in [-0.2, -0.15) is 0 Å². The molecule has 0 aliphatic rings. The molecule has 0 rings (SSSR count). The fourth-order valence-corrected chi connectivity index (χ4v) is 1.19. The Morgan fingerprint density at radius 3 is 2.42 bits per heavy atom. The van der Waals surface area contributed by atoms with Gasteiger partial charge in [0.1, 0.15) is 0 Å². The highest BCUT2D eigenvalue weighted by Gasteiger charge is 2.09. The molecule has 0 aromatic heterocycles. The summed E-state index contributed by atoms with van der Waals surface area (Å²) in [5, 5.41) is 3.96. The van der Waals surface area contributed by atoms with Crippen molar-refractivity contribution in [3.63, 3.8) is 0 Å². The van der Waals surface area contributed by atoms with Crippen LogP contribution in [0.2, 0.25) is 0 Å². The van der Waals surface area contributed by atoms with Crippen molar-refractivity contribution in [1.29, 1.82) is 0 Å². The first-order valence-corrected chi connectivity index (χ1v) is 5.56. The molecule has 0 aliphatic carbocycles. The van der Waals surface area contributed by atoms with Gasteiger partial charge in [0.25, 0.3) is 0 Å². The van der Waals surface area contributed by atoms with Gasteiger partial charge in [0, 0.05) is 17.3 Å². The van der Waals surface area contributed by atoms with E-state index in [1.807, 2.05) is 20.8 Å². The monoisotopic (exact) mass is 235 g/mol. The van der Waals surface area contributed by atoms with Crippen molar-refractivity contribution in [2.45, 2.75) is 39.7 Å². The molecule has 0 aliphatic heterocycles. The fraction of sp³-hybridized carbons (Fsp3) is 0.889. The first-order chi connectivity index (χ1) is 5.57. The largest absolute Gasteiger partial charge is 0.353 e. The van der Waals surface area contributed by atoms with Gasteiger partial charge in [-0.15, -0.1) is 0 Å². The summed E-state index contributed by atoms with van der Waals surface area (Å²) in [4.78, 5) is 11.2. The van der Waals surface area contributed by atoms with Gasteiger partial charge in [0.15, 0.2) is 0 Å². The van der Waals surface area contributed by atoms with Crippen LogP contribution >= 0.6 is 15.9 Å². The van der Waals surface area contributed by atoms with E-state index in [0.717, 1.165) is 18.2 Å². The van der Waals surface area contributed by atoms with E-state index in [-0.39, 0.29) is 11.8 Å². The smallest absolute Gasteiger partial charge is 0.222 e. The van der Waals surface area contributed by atoms with Crippen LogP contribution in [0.1, 0.15) is 33.6 Å². The maximum absolute atomic E-state index is 11.2. The molecule has 0 spiro atoms. The zero-order valence-electron chi connectivity index (χ0n) is 8.06. The van der Waals surface area contributed by atoms with Crippen LogP contribution < -0.4 is 5.32 Å². The van der Waals surface area contributed by atoms with E-state index < -0.39 is 0 Å². The van der Waals surface area contributed by atoms with E-state index in [1.54, 1.807) is 0 Å². The molecular formula is C9H18BrNO. The minimum atomic E-state index is 0.0939. The summed E-state index contributed by atoms with van der Waals surface area (Å²) in [5.41, 5.74) is 0. The number of hydrogen-bond acceptors (Lipinski definition) is 1. The maximum atomic E-state index is 11.2. The van der Waals surface area contributed by atoms with Gasteiger partial charge in [0.05, 0.1) is 0 Å². The highest BCUT2D eigenvalue weighted by Crippen LogP contribution is 2.00. The van der Waals surface area contributed by atoms with Crippen molar-refractivity contribution < 1.29 is 4.79 Å². The molecule has 1 unspecified atom stereocenters. The quantitative estimate of drug-likeness (QED) is 0.729. The average molecular weight is 236 g/mol. The number of rotatable bonds is 5. The predicted molar refractivity (Wildman–Crippen MR) is 55.5 cm³/mol. The molecule has 0 saturated heterocycles. The van der Waals surface area contributed by atoms with Crippen LogP contribution in [-0.4, -0.2) is 17.3 Å². The normalized spacial score (nSPS) is 13.1. The Morgan fingerprint density at radius 1 is 1.42 bits per heavy atom. The third kappa shape index (κ3) is 5.58. The molecule has 72 valence electrons. The van der Waals surface area contributed by atoms with Crippen molar-refractivity contribution in [3.05, 3.63) is 0 Å². The molecule has 0 fully saturated rings. The third-order valence-electron chi connectivity index (χ3n) is 1.68. The van der Waals surface area contributed by atoms with Gasteiger partial charge >= 0.3 is 0 Å². The molecule has 3 heteroatoms. The van der Waals surface area contributed by atoms with E-state index in [4.69, 9.17) is 0 Å². The van der Waals surface area contributed by atoms with E-state index in [2.05, 4.69) is 21.2 Å². The van der Waals surface area contributed by atoms with E-state index in [1.165, 1.54) is 0 Å². The molecule has 0 saturated carbocycles. The number of hydrogen-bond donors (Lipinski definition) is 1. The molecular weight excluding hydrogens is 218 g/mol. The fourth-order valence-electron chi connectivity index (χ4n) is 0.865. The third-order valence-corrected chi connectivity index (χ3v) is 2.24. The number of alkyl halides is 1. The first kappa shape index (κ1) is 11.9. The molecule has 1 atom stereocenters. The topological polar surface area (TPSA) is 29.1 Å². The number of carbonyl (C=O) groups is 1. The predicted octanol–water partition coefficient (Wildman–Crippen LogP) is 2.32. The van der Waals surface area contributed by atoms with Gasteiger partial charge in [-0.05, 0) is 19.8 Å². The van der Waals surface area contributed by atoms with Gasteiger partial charge in [-0.3, -0.25) is 4.79 Å². The Kier molecular flexibility index (Phi) is 6.44. The van der Waals surface area contributed by atoms with Gasteiger partial charge < -0.3 is 5.32 Å². The van der Waals surface area contributed by atoms with Crippen molar-refractivity contribution in [3.8, 4) is 0 Å². The Bertz CT molecular complexity index is 136. The van der Waals surface area contributed by atoms with Crippen LogP contribution in [0.3, 0.4) is 0 Å². The van der Waals surface area contributed by atoms with Crippen LogP contribution in [0.5, 0.6) is 0 Å². The Morgan fingerprint density at radius 2 is 2.00 bits per heavy atom. The number of nitrogens with one attached hydrogen (secondary N) is 1. The van der Waals surface area contributed by atoms with E-state index in [9.17, 15) is 4.79 Å². The molecule has 0 aromatic rings. The van der Waals surface area contributed by atoms with Gasteiger partial charge in [0.2, 0.25) is 5.91 Å². The number of amides is 1. The maximum Gasteiger partial charge on any atom is 0.222 e. The molecule has 0 aromatic carbocycles. The highest BCUT2D eigenvalue weighted by atomic mass is 79.9. The van der Waals surface area contributed by atoms with Crippen LogP contribution in [-0.2, 0) is 4.79 Å². The summed E-state index contributed by atoms with van der Waals surface area (Å²) >= 11 is 3.36. The summed E-state index contributed by atoms with van der Waals surface area (Å²) in [6, 6.07) is 0.303. The molecule has 2 nitrogen and oxygen atoms in total. The lowest BCUT2D eigenvalue weighted by atomic mass is 10.1. The Balaban J connectivity index is 3.54. The standard InChI is InChI=1S/C9H18BrNO/c1-7(2)9(12)11-8(3)5-4-6-10/h7-8H,4-6H2,1-3H3,(H,11,12). The molecule has 1 N–H and O–H groups in total. The van der Waals surface area contributed by atoms with Crippen molar-refractivity contribution in [2.24, 2.45) is 5.92 Å². The molecule has 0 bridgehead atoms. The lowest BCUT2D eigenvalue weighted by Crippen LogP contribution is -2.35. The average Bonchev–Trinajstić information content (AvgIpc) is 2.00. The summed E-state index contributed by atoms with van der Waals surface area (Å²) in [7, 11) is 0. The molecule has 0 radical (unpaired) electrons. The molecule has 1 amide bonds.